The summed E-state index contributed by atoms with van der Waals surface area (Å²) < 4.78 is 10.9. The van der Waals surface area contributed by atoms with Gasteiger partial charge in [-0.15, -0.1) is 0 Å². The molecule has 1 saturated heterocycles. The summed E-state index contributed by atoms with van der Waals surface area (Å²) in [6, 6.07) is 12.9. The van der Waals surface area contributed by atoms with E-state index >= 15 is 0 Å². The van der Waals surface area contributed by atoms with Crippen molar-refractivity contribution in [1.82, 2.24) is 4.90 Å². The maximum atomic E-state index is 12.9. The Hall–Kier alpha value is -2.28. The van der Waals surface area contributed by atoms with E-state index in [2.05, 4.69) is 10.2 Å². The minimum atomic E-state index is -0.695. The predicted octanol–water partition coefficient (Wildman–Crippen LogP) is 4.66. The van der Waals surface area contributed by atoms with Gasteiger partial charge in [0.2, 0.25) is 5.91 Å². The molecule has 2 N–H and O–H groups in total. The lowest BCUT2D eigenvalue weighted by Gasteiger charge is -2.52. The maximum Gasteiger partial charge on any atom is 0.238 e. The first-order chi connectivity index (χ1) is 15.4. The number of amides is 1. The van der Waals surface area contributed by atoms with Gasteiger partial charge in [-0.3, -0.25) is 9.69 Å². The molecule has 1 heterocycles. The zero-order valence-electron chi connectivity index (χ0n) is 18.6. The van der Waals surface area contributed by atoms with Crippen molar-refractivity contribution in [3.63, 3.8) is 0 Å². The number of ether oxygens (including phenoxy) is 2. The molecule has 32 heavy (non-hydrogen) atoms. The van der Waals surface area contributed by atoms with Gasteiger partial charge in [-0.25, -0.2) is 0 Å². The Morgan fingerprint density at radius 1 is 1.12 bits per heavy atom. The number of carbonyl (C=O) groups excluding carboxylic acids is 1. The second kappa shape index (κ2) is 9.69. The van der Waals surface area contributed by atoms with Crippen molar-refractivity contribution in [3.8, 4) is 11.5 Å². The fourth-order valence-electron chi connectivity index (χ4n) is 5.32. The summed E-state index contributed by atoms with van der Waals surface area (Å²) in [5.41, 5.74) is 1.05. The lowest BCUT2D eigenvalue weighted by atomic mass is 9.66. The fourth-order valence-corrected chi connectivity index (χ4v) is 5.44. The van der Waals surface area contributed by atoms with Gasteiger partial charge in [0, 0.05) is 29.2 Å². The molecular weight excluding hydrogens is 428 g/mol. The Morgan fingerprint density at radius 3 is 2.59 bits per heavy atom. The number of rotatable bonds is 6. The van der Waals surface area contributed by atoms with E-state index in [0.29, 0.717) is 35.2 Å². The molecule has 7 heteroatoms. The number of hydrogen-bond donors (Lipinski definition) is 2. The number of hydrogen-bond acceptors (Lipinski definition) is 5. The molecule has 0 radical (unpaired) electrons. The molecule has 4 rings (SSSR count). The highest BCUT2D eigenvalue weighted by atomic mass is 35.5. The second-order valence-electron chi connectivity index (χ2n) is 8.79. The van der Waals surface area contributed by atoms with Gasteiger partial charge >= 0.3 is 0 Å². The first-order valence-corrected chi connectivity index (χ1v) is 11.5. The van der Waals surface area contributed by atoms with Crippen LogP contribution in [0.1, 0.15) is 43.7 Å². The lowest BCUT2D eigenvalue weighted by Crippen LogP contribution is -2.56. The molecule has 1 aliphatic carbocycles. The number of aliphatic hydroxyl groups is 1. The molecule has 6 nitrogen and oxygen atoms in total. The van der Waals surface area contributed by atoms with Crippen LogP contribution in [-0.4, -0.2) is 48.8 Å². The Bertz CT molecular complexity index is 951. The van der Waals surface area contributed by atoms with Crippen LogP contribution < -0.4 is 14.8 Å². The van der Waals surface area contributed by atoms with E-state index in [-0.39, 0.29) is 24.4 Å². The van der Waals surface area contributed by atoms with Crippen LogP contribution in [0.5, 0.6) is 11.5 Å². The molecule has 2 aromatic rings. The van der Waals surface area contributed by atoms with E-state index in [1.54, 1.807) is 38.5 Å². The minimum Gasteiger partial charge on any atom is -0.493 e. The summed E-state index contributed by atoms with van der Waals surface area (Å²) >= 11 is 5.95. The molecule has 1 aliphatic heterocycles. The van der Waals surface area contributed by atoms with Gasteiger partial charge in [-0.2, -0.15) is 0 Å². The van der Waals surface area contributed by atoms with Gasteiger partial charge in [-0.05, 0) is 61.2 Å². The third-order valence-electron chi connectivity index (χ3n) is 6.90. The van der Waals surface area contributed by atoms with Gasteiger partial charge in [0.25, 0.3) is 0 Å². The predicted molar refractivity (Wildman–Crippen MR) is 125 cm³/mol. The maximum absolute atomic E-state index is 12.9. The molecule has 0 aromatic heterocycles. The highest BCUT2D eigenvalue weighted by Gasteiger charge is 2.49. The average Bonchev–Trinajstić information content (AvgIpc) is 2.80. The standard InChI is InChI=1S/C25H31ClN2O4/c1-31-21-11-6-17(15-22(21)32-2)24-20-5-3-4-12-25(20,30)13-14-28(24)16-23(29)27-19-9-7-18(26)8-10-19/h6-11,15,20,24,30H,3-5,12-14,16H2,1-2H3,(H,27,29)/t20-,24-,25-/m0/s1. The molecular formula is C25H31ClN2O4. The zero-order chi connectivity index (χ0) is 22.7. The number of nitrogens with one attached hydrogen (secondary N) is 1. The number of fused-ring (bicyclic) bond motifs is 1. The zero-order valence-corrected chi connectivity index (χ0v) is 19.4. The van der Waals surface area contributed by atoms with Crippen molar-refractivity contribution < 1.29 is 19.4 Å². The van der Waals surface area contributed by atoms with Gasteiger partial charge in [0.15, 0.2) is 11.5 Å². The van der Waals surface area contributed by atoms with Crippen LogP contribution in [0.4, 0.5) is 5.69 Å². The smallest absolute Gasteiger partial charge is 0.238 e. The van der Waals surface area contributed by atoms with Crippen LogP contribution in [-0.2, 0) is 4.79 Å². The molecule has 3 atom stereocenters. The Kier molecular flexibility index (Phi) is 6.93. The van der Waals surface area contributed by atoms with Crippen molar-refractivity contribution in [2.45, 2.75) is 43.7 Å². The van der Waals surface area contributed by atoms with Crippen LogP contribution in [0, 0.1) is 5.92 Å². The number of anilines is 1. The van der Waals surface area contributed by atoms with E-state index < -0.39 is 5.60 Å². The van der Waals surface area contributed by atoms with Crippen LogP contribution in [0.3, 0.4) is 0 Å². The van der Waals surface area contributed by atoms with Gasteiger partial charge in [0.05, 0.1) is 26.4 Å². The molecule has 0 unspecified atom stereocenters. The topological polar surface area (TPSA) is 71.0 Å². The van der Waals surface area contributed by atoms with Gasteiger partial charge < -0.3 is 19.9 Å². The Morgan fingerprint density at radius 2 is 1.88 bits per heavy atom. The van der Waals surface area contributed by atoms with Crippen molar-refractivity contribution in [1.29, 1.82) is 0 Å². The van der Waals surface area contributed by atoms with Crippen molar-refractivity contribution in [2.75, 3.05) is 32.6 Å². The minimum absolute atomic E-state index is 0.0615. The third kappa shape index (κ3) is 4.72. The summed E-state index contributed by atoms with van der Waals surface area (Å²) in [4.78, 5) is 15.1. The highest BCUT2D eigenvalue weighted by molar-refractivity contribution is 6.30. The third-order valence-corrected chi connectivity index (χ3v) is 7.15. The van der Waals surface area contributed by atoms with E-state index in [1.165, 1.54) is 0 Å². The first kappa shape index (κ1) is 22.9. The number of likely N-dealkylation sites (tertiary alicyclic amines) is 1. The van der Waals surface area contributed by atoms with Crippen LogP contribution in [0.15, 0.2) is 42.5 Å². The highest BCUT2D eigenvalue weighted by Crippen LogP contribution is 2.50. The quantitative estimate of drug-likeness (QED) is 0.658. The average molecular weight is 459 g/mol. The van der Waals surface area contributed by atoms with Crippen molar-refractivity contribution in [3.05, 3.63) is 53.1 Å². The van der Waals surface area contributed by atoms with E-state index in [1.807, 2.05) is 18.2 Å². The SMILES string of the molecule is COc1ccc([C@H]2[C@@H]3CCCC[C@]3(O)CCN2CC(=O)Nc2ccc(Cl)cc2)cc1OC. The summed E-state index contributed by atoms with van der Waals surface area (Å²) in [6.45, 7) is 0.897. The number of carbonyl (C=O) groups is 1. The van der Waals surface area contributed by atoms with Crippen LogP contribution in [0.2, 0.25) is 5.02 Å². The van der Waals surface area contributed by atoms with Crippen molar-refractivity contribution >= 4 is 23.2 Å². The normalized spacial score (nSPS) is 25.6. The molecule has 2 aromatic carbocycles. The summed E-state index contributed by atoms with van der Waals surface area (Å²) in [5.74, 6) is 1.30. The number of benzene rings is 2. The van der Waals surface area contributed by atoms with E-state index in [9.17, 15) is 9.90 Å². The number of methoxy groups -OCH3 is 2. The molecule has 0 spiro atoms. The summed E-state index contributed by atoms with van der Waals surface area (Å²) in [6.07, 6.45) is 4.55. The number of nitrogens with zero attached hydrogens (tertiary/aromatic N) is 1. The number of halogens is 1. The molecule has 1 saturated carbocycles. The summed E-state index contributed by atoms with van der Waals surface area (Å²) in [7, 11) is 3.24. The summed E-state index contributed by atoms with van der Waals surface area (Å²) in [5, 5.41) is 15.1. The first-order valence-electron chi connectivity index (χ1n) is 11.2. The molecule has 1 amide bonds. The van der Waals surface area contributed by atoms with E-state index in [4.69, 9.17) is 21.1 Å². The lowest BCUT2D eigenvalue weighted by molar-refractivity contribution is -0.135. The Labute approximate surface area is 194 Å². The molecule has 2 fully saturated rings. The molecule has 2 aliphatic rings. The molecule has 0 bridgehead atoms. The second-order valence-corrected chi connectivity index (χ2v) is 9.23. The van der Waals surface area contributed by atoms with Crippen LogP contribution >= 0.6 is 11.6 Å². The molecule has 172 valence electrons. The Balaban J connectivity index is 1.61. The largest absolute Gasteiger partial charge is 0.493 e. The van der Waals surface area contributed by atoms with Gasteiger partial charge in [0.1, 0.15) is 0 Å². The van der Waals surface area contributed by atoms with Crippen LogP contribution in [0.25, 0.3) is 0 Å². The van der Waals surface area contributed by atoms with Gasteiger partial charge in [-0.1, -0.05) is 30.5 Å². The monoisotopic (exact) mass is 458 g/mol. The fraction of sp³-hybridized carbons (Fsp3) is 0.480. The van der Waals surface area contributed by atoms with E-state index in [0.717, 1.165) is 31.2 Å². The van der Waals surface area contributed by atoms with Crippen molar-refractivity contribution in [2.24, 2.45) is 5.92 Å². The number of piperidine rings is 1.